The minimum absolute atomic E-state index is 0.00795. The average molecular weight is 392 g/mol. The van der Waals surface area contributed by atoms with Crippen molar-refractivity contribution in [3.8, 4) is 23.1 Å². The second-order valence-corrected chi connectivity index (χ2v) is 6.09. The minimum atomic E-state index is -0.777. The number of nitrogens with zero attached hydrogens (tertiary/aromatic N) is 2. The van der Waals surface area contributed by atoms with Crippen LogP contribution in [0.4, 0.5) is 5.69 Å². The zero-order chi connectivity index (χ0) is 18.8. The molecule has 0 spiro atoms. The third-order valence-corrected chi connectivity index (χ3v) is 4.06. The van der Waals surface area contributed by atoms with Crippen molar-refractivity contribution >= 4 is 23.2 Å². The maximum absolute atomic E-state index is 12.3. The Morgan fingerprint density at radius 1 is 1.26 bits per heavy atom. The number of hydrogen-bond donors (Lipinski definition) is 1. The monoisotopic (exact) mass is 391 g/mol. The van der Waals surface area contributed by atoms with Crippen LogP contribution in [0, 0.1) is 0 Å². The molecule has 3 aromatic rings. The molecule has 0 fully saturated rings. The molecule has 0 radical (unpaired) electrons. The quantitative estimate of drug-likeness (QED) is 0.727. The zero-order valence-electron chi connectivity index (χ0n) is 13.9. The van der Waals surface area contributed by atoms with Crippen molar-refractivity contribution in [3.63, 3.8) is 0 Å². The molecule has 1 aliphatic heterocycles. The van der Waals surface area contributed by atoms with E-state index in [4.69, 9.17) is 29.9 Å². The van der Waals surface area contributed by atoms with Gasteiger partial charge in [0.1, 0.15) is 6.54 Å². The second kappa shape index (κ2) is 7.20. The van der Waals surface area contributed by atoms with Crippen molar-refractivity contribution in [2.45, 2.75) is 13.0 Å². The molecule has 1 amide bonds. The summed E-state index contributed by atoms with van der Waals surface area (Å²) in [6.45, 7) is 0.682. The largest absolute Gasteiger partial charge is 0.490 e. The van der Waals surface area contributed by atoms with Gasteiger partial charge in [0.25, 0.3) is 5.89 Å². The van der Waals surface area contributed by atoms with E-state index < -0.39 is 11.7 Å². The number of carbonyl (C=O) groups is 1. The van der Waals surface area contributed by atoms with Crippen LogP contribution in [0.2, 0.25) is 5.02 Å². The third-order valence-electron chi connectivity index (χ3n) is 3.74. The summed E-state index contributed by atoms with van der Waals surface area (Å²) >= 11 is 6.20. The van der Waals surface area contributed by atoms with E-state index in [1.54, 1.807) is 24.3 Å². The molecule has 10 heteroatoms. The highest BCUT2D eigenvalue weighted by Crippen LogP contribution is 2.37. The summed E-state index contributed by atoms with van der Waals surface area (Å²) in [6.07, 6.45) is 2.17. The lowest BCUT2D eigenvalue weighted by Gasteiger charge is -2.12. The smallest absolute Gasteiger partial charge is 0.437 e. The van der Waals surface area contributed by atoms with Crippen LogP contribution >= 0.6 is 11.6 Å². The van der Waals surface area contributed by atoms with E-state index in [-0.39, 0.29) is 23.2 Å². The fourth-order valence-corrected chi connectivity index (χ4v) is 2.71. The van der Waals surface area contributed by atoms with E-state index in [0.717, 1.165) is 11.1 Å². The number of anilines is 1. The van der Waals surface area contributed by atoms with Gasteiger partial charge < -0.3 is 23.6 Å². The Bertz CT molecular complexity index is 1020. The van der Waals surface area contributed by atoms with Crippen LogP contribution in [0.3, 0.4) is 0 Å². The van der Waals surface area contributed by atoms with Crippen molar-refractivity contribution in [2.75, 3.05) is 18.5 Å². The lowest BCUT2D eigenvalue weighted by Crippen LogP contribution is -2.26. The van der Waals surface area contributed by atoms with Crippen LogP contribution in [0.1, 0.15) is 6.42 Å². The molecule has 1 aromatic carbocycles. The van der Waals surface area contributed by atoms with E-state index in [1.165, 1.54) is 6.26 Å². The number of rotatable bonds is 4. The molecular weight excluding hydrogens is 378 g/mol. The van der Waals surface area contributed by atoms with Gasteiger partial charge in [-0.2, -0.15) is 4.68 Å². The molecule has 0 bridgehead atoms. The van der Waals surface area contributed by atoms with Crippen molar-refractivity contribution in [1.82, 2.24) is 9.78 Å². The normalized spacial score (nSPS) is 13.2. The van der Waals surface area contributed by atoms with Gasteiger partial charge in [-0.25, -0.2) is 4.79 Å². The number of furan rings is 1. The molecule has 27 heavy (non-hydrogen) atoms. The van der Waals surface area contributed by atoms with Gasteiger partial charge in [0.05, 0.1) is 30.2 Å². The first-order valence-electron chi connectivity index (χ1n) is 8.11. The Balaban J connectivity index is 1.50. The lowest BCUT2D eigenvalue weighted by atomic mass is 10.2. The number of ether oxygens (including phenoxy) is 2. The highest BCUT2D eigenvalue weighted by atomic mass is 35.5. The first-order valence-corrected chi connectivity index (χ1v) is 8.49. The molecule has 0 saturated carbocycles. The molecule has 3 heterocycles. The Kier molecular flexibility index (Phi) is 4.59. The number of aromatic nitrogens is 2. The maximum atomic E-state index is 12.3. The molecule has 1 aliphatic rings. The highest BCUT2D eigenvalue weighted by Gasteiger charge is 2.18. The lowest BCUT2D eigenvalue weighted by molar-refractivity contribution is -0.117. The van der Waals surface area contributed by atoms with Crippen molar-refractivity contribution < 1.29 is 23.1 Å². The SMILES string of the molecule is O=C(Cn1nc(-c2ccco2)oc1=O)Nc1cc2c(cc1Cl)OCCCO2. The molecule has 2 aromatic heterocycles. The van der Waals surface area contributed by atoms with Crippen LogP contribution in [-0.2, 0) is 11.3 Å². The number of amides is 1. The van der Waals surface area contributed by atoms with Crippen LogP contribution in [0.15, 0.2) is 44.2 Å². The number of fused-ring (bicyclic) bond motifs is 1. The fraction of sp³-hybridized carbons (Fsp3) is 0.235. The minimum Gasteiger partial charge on any atom is -0.490 e. The first-order chi connectivity index (χ1) is 13.1. The summed E-state index contributed by atoms with van der Waals surface area (Å²) in [6, 6.07) is 6.39. The summed E-state index contributed by atoms with van der Waals surface area (Å²) in [5.41, 5.74) is 0.341. The van der Waals surface area contributed by atoms with E-state index in [2.05, 4.69) is 10.4 Å². The molecular formula is C17H14ClN3O6. The number of nitrogens with one attached hydrogen (secondary N) is 1. The van der Waals surface area contributed by atoms with Gasteiger partial charge in [-0.05, 0) is 12.1 Å². The topological polar surface area (TPSA) is 109 Å². The Hall–Kier alpha value is -3.20. The summed E-state index contributed by atoms with van der Waals surface area (Å²) < 4.78 is 22.1. The first kappa shape index (κ1) is 17.2. The molecule has 0 atom stereocenters. The molecule has 9 nitrogen and oxygen atoms in total. The van der Waals surface area contributed by atoms with Gasteiger partial charge in [-0.15, -0.1) is 5.10 Å². The molecule has 0 unspecified atom stereocenters. The summed E-state index contributed by atoms with van der Waals surface area (Å²) in [4.78, 5) is 24.2. The standard InChI is InChI=1S/C17H14ClN3O6/c18-10-7-13-14(26-6-2-5-25-13)8-11(10)19-15(22)9-21-17(23)27-16(20-21)12-3-1-4-24-12/h1,3-4,7-8H,2,5-6,9H2,(H,19,22). The predicted octanol–water partition coefficient (Wildman–Crippen LogP) is 2.55. The van der Waals surface area contributed by atoms with Gasteiger partial charge >= 0.3 is 5.76 Å². The summed E-state index contributed by atoms with van der Waals surface area (Å²) in [7, 11) is 0. The van der Waals surface area contributed by atoms with Crippen LogP contribution in [0.5, 0.6) is 11.5 Å². The number of carbonyl (C=O) groups excluding carboxylic acids is 1. The number of halogens is 1. The van der Waals surface area contributed by atoms with Crippen molar-refractivity contribution in [2.24, 2.45) is 0 Å². The van der Waals surface area contributed by atoms with E-state index in [0.29, 0.717) is 30.4 Å². The summed E-state index contributed by atoms with van der Waals surface area (Å²) in [5, 5.41) is 6.86. The average Bonchev–Trinajstić information content (AvgIpc) is 3.22. The van der Waals surface area contributed by atoms with Gasteiger partial charge in [-0.1, -0.05) is 11.6 Å². The number of benzene rings is 1. The van der Waals surface area contributed by atoms with E-state index >= 15 is 0 Å². The van der Waals surface area contributed by atoms with Crippen LogP contribution in [-0.4, -0.2) is 28.9 Å². The predicted molar refractivity (Wildman–Crippen MR) is 94.2 cm³/mol. The van der Waals surface area contributed by atoms with Gasteiger partial charge in [0.2, 0.25) is 5.91 Å². The summed E-state index contributed by atoms with van der Waals surface area (Å²) in [5.74, 6) is 0.00919. The Morgan fingerprint density at radius 2 is 2.04 bits per heavy atom. The maximum Gasteiger partial charge on any atom is 0.437 e. The second-order valence-electron chi connectivity index (χ2n) is 5.69. The fourth-order valence-electron chi connectivity index (χ4n) is 2.51. The Morgan fingerprint density at radius 3 is 2.78 bits per heavy atom. The van der Waals surface area contributed by atoms with Crippen LogP contribution < -0.4 is 20.5 Å². The Labute approximate surface area is 157 Å². The van der Waals surface area contributed by atoms with E-state index in [9.17, 15) is 9.59 Å². The molecule has 0 saturated heterocycles. The van der Waals surface area contributed by atoms with Gasteiger partial charge in [-0.3, -0.25) is 4.79 Å². The molecule has 4 rings (SSSR count). The van der Waals surface area contributed by atoms with E-state index in [1.807, 2.05) is 0 Å². The third kappa shape index (κ3) is 3.68. The number of hydrogen-bond acceptors (Lipinski definition) is 7. The zero-order valence-corrected chi connectivity index (χ0v) is 14.7. The van der Waals surface area contributed by atoms with Gasteiger partial charge in [0, 0.05) is 18.6 Å². The van der Waals surface area contributed by atoms with Crippen LogP contribution in [0.25, 0.3) is 11.7 Å². The molecule has 1 N–H and O–H groups in total. The van der Waals surface area contributed by atoms with Gasteiger partial charge in [0.15, 0.2) is 17.3 Å². The van der Waals surface area contributed by atoms with Crippen molar-refractivity contribution in [1.29, 1.82) is 0 Å². The molecule has 0 aliphatic carbocycles. The molecule has 140 valence electrons. The van der Waals surface area contributed by atoms with Crippen molar-refractivity contribution in [3.05, 3.63) is 46.1 Å². The highest BCUT2D eigenvalue weighted by molar-refractivity contribution is 6.34.